The number of amides is 2. The van der Waals surface area contributed by atoms with Gasteiger partial charge in [-0.1, -0.05) is 58.0 Å². The van der Waals surface area contributed by atoms with E-state index in [1.165, 1.54) is 0 Å². The molecule has 3 heteroatoms. The Bertz CT molecular complexity index is 479. The first-order chi connectivity index (χ1) is 9.19. The molecule has 0 saturated heterocycles. The molecule has 1 aliphatic carbocycles. The van der Waals surface area contributed by atoms with Gasteiger partial charge in [0.05, 0.1) is 0 Å². The molecule has 1 fully saturated rings. The fourth-order valence-corrected chi connectivity index (χ4v) is 3.84. The molecule has 0 radical (unpaired) electrons. The monoisotopic (exact) mass is 274 g/mol. The lowest BCUT2D eigenvalue weighted by Gasteiger charge is -2.29. The summed E-state index contributed by atoms with van der Waals surface area (Å²) in [5, 5.41) is 0. The molecule has 0 bridgehead atoms. The normalized spacial score (nSPS) is 21.2. The third-order valence-corrected chi connectivity index (χ3v) is 5.59. The van der Waals surface area contributed by atoms with E-state index >= 15 is 0 Å². The summed E-state index contributed by atoms with van der Waals surface area (Å²) in [7, 11) is 0. The topological polar surface area (TPSA) is 46.3 Å². The Labute approximate surface area is 122 Å². The van der Waals surface area contributed by atoms with Crippen LogP contribution < -0.4 is 5.73 Å². The molecule has 20 heavy (non-hydrogen) atoms. The summed E-state index contributed by atoms with van der Waals surface area (Å²) in [4.78, 5) is 13.6. The smallest absolute Gasteiger partial charge is 0.315 e. The lowest BCUT2D eigenvalue weighted by molar-refractivity contribution is 0.168. The molecule has 0 aromatic heterocycles. The van der Waals surface area contributed by atoms with Crippen molar-refractivity contribution in [2.75, 3.05) is 0 Å². The van der Waals surface area contributed by atoms with Gasteiger partial charge in [-0.15, -0.1) is 0 Å². The third kappa shape index (κ3) is 2.30. The van der Waals surface area contributed by atoms with Crippen LogP contribution in [0.5, 0.6) is 0 Å². The summed E-state index contributed by atoms with van der Waals surface area (Å²) in [6.45, 7) is 11.8. The summed E-state index contributed by atoms with van der Waals surface area (Å²) in [5.74, 6) is 0.478. The zero-order valence-corrected chi connectivity index (χ0v) is 13.2. The van der Waals surface area contributed by atoms with Crippen LogP contribution in [0.15, 0.2) is 30.3 Å². The maximum atomic E-state index is 11.8. The molecule has 1 aliphatic rings. The predicted octanol–water partition coefficient (Wildman–Crippen LogP) is 3.64. The number of primary amides is 1. The van der Waals surface area contributed by atoms with Crippen LogP contribution >= 0.6 is 0 Å². The van der Waals surface area contributed by atoms with Crippen molar-refractivity contribution < 1.29 is 4.79 Å². The van der Waals surface area contributed by atoms with Crippen molar-refractivity contribution >= 4 is 6.03 Å². The molecule has 110 valence electrons. The Kier molecular flexibility index (Phi) is 3.57. The third-order valence-electron chi connectivity index (χ3n) is 5.59. The molecule has 0 heterocycles. The van der Waals surface area contributed by atoms with E-state index in [1.807, 2.05) is 30.3 Å². The second-order valence-corrected chi connectivity index (χ2v) is 7.11. The number of nitrogens with two attached hydrogens (primary N) is 1. The zero-order valence-electron chi connectivity index (χ0n) is 13.2. The van der Waals surface area contributed by atoms with E-state index in [1.54, 1.807) is 4.90 Å². The van der Waals surface area contributed by atoms with Crippen LogP contribution in [0.1, 0.15) is 40.2 Å². The Morgan fingerprint density at radius 2 is 1.70 bits per heavy atom. The summed E-state index contributed by atoms with van der Waals surface area (Å²) in [6.07, 6.45) is 0. The number of hydrogen-bond donors (Lipinski definition) is 1. The highest BCUT2D eigenvalue weighted by Crippen LogP contribution is 2.70. The minimum atomic E-state index is -0.333. The zero-order chi connectivity index (χ0) is 15.1. The minimum Gasteiger partial charge on any atom is -0.351 e. The maximum Gasteiger partial charge on any atom is 0.315 e. The van der Waals surface area contributed by atoms with Crippen LogP contribution in [0.3, 0.4) is 0 Å². The number of carbonyl (C=O) groups is 1. The Morgan fingerprint density at radius 3 is 2.10 bits per heavy atom. The van der Waals surface area contributed by atoms with E-state index < -0.39 is 0 Å². The van der Waals surface area contributed by atoms with Crippen LogP contribution in [-0.4, -0.2) is 17.0 Å². The van der Waals surface area contributed by atoms with Crippen molar-refractivity contribution in [2.24, 2.45) is 22.5 Å². The fraction of sp³-hybridized carbons (Fsp3) is 0.588. The Morgan fingerprint density at radius 1 is 1.20 bits per heavy atom. The van der Waals surface area contributed by atoms with Gasteiger partial charge >= 0.3 is 6.03 Å². The summed E-state index contributed by atoms with van der Waals surface area (Å²) in [6, 6.07) is 9.85. The molecule has 1 aromatic carbocycles. The van der Waals surface area contributed by atoms with Gasteiger partial charge in [0.25, 0.3) is 0 Å². The van der Waals surface area contributed by atoms with Gasteiger partial charge in [-0.3, -0.25) is 0 Å². The average molecular weight is 274 g/mol. The molecule has 2 amide bonds. The first-order valence-electron chi connectivity index (χ1n) is 7.29. The Balaban J connectivity index is 2.17. The molecular weight excluding hydrogens is 248 g/mol. The van der Waals surface area contributed by atoms with E-state index in [4.69, 9.17) is 5.73 Å². The average Bonchev–Trinajstić information content (AvgIpc) is 2.77. The molecule has 0 spiro atoms. The van der Waals surface area contributed by atoms with Crippen molar-refractivity contribution in [3.05, 3.63) is 35.9 Å². The number of carbonyl (C=O) groups excluding carboxylic acids is 1. The number of benzene rings is 1. The highest BCUT2D eigenvalue weighted by atomic mass is 16.2. The summed E-state index contributed by atoms with van der Waals surface area (Å²) < 4.78 is 0. The lowest BCUT2D eigenvalue weighted by Crippen LogP contribution is -2.43. The van der Waals surface area contributed by atoms with Crippen LogP contribution in [0.2, 0.25) is 0 Å². The van der Waals surface area contributed by atoms with Gasteiger partial charge in [-0.2, -0.15) is 0 Å². The van der Waals surface area contributed by atoms with Crippen molar-refractivity contribution in [1.82, 2.24) is 4.90 Å². The molecule has 2 N–H and O–H groups in total. The molecule has 0 aliphatic heterocycles. The van der Waals surface area contributed by atoms with Gasteiger partial charge in [0.2, 0.25) is 0 Å². The molecule has 0 unspecified atom stereocenters. The molecular formula is C17H26N2O. The second kappa shape index (κ2) is 4.80. The number of hydrogen-bond acceptors (Lipinski definition) is 1. The highest BCUT2D eigenvalue weighted by molar-refractivity contribution is 5.72. The van der Waals surface area contributed by atoms with Crippen molar-refractivity contribution in [3.8, 4) is 0 Å². The van der Waals surface area contributed by atoms with E-state index in [2.05, 4.69) is 34.6 Å². The molecule has 2 rings (SSSR count). The van der Waals surface area contributed by atoms with Gasteiger partial charge < -0.3 is 10.6 Å². The fourth-order valence-electron chi connectivity index (χ4n) is 3.84. The second-order valence-electron chi connectivity index (χ2n) is 7.11. The van der Waals surface area contributed by atoms with Crippen LogP contribution in [-0.2, 0) is 6.54 Å². The van der Waals surface area contributed by atoms with Gasteiger partial charge in [0, 0.05) is 12.6 Å². The SMILES string of the molecule is C[C@H](C1C(C)(C)C1(C)C)N(Cc1ccccc1)C(N)=O. The molecule has 1 saturated carbocycles. The van der Waals surface area contributed by atoms with E-state index in [0.717, 1.165) is 5.56 Å². The first-order valence-corrected chi connectivity index (χ1v) is 7.29. The van der Waals surface area contributed by atoms with Crippen LogP contribution in [0, 0.1) is 16.7 Å². The first kappa shape index (κ1) is 14.9. The largest absolute Gasteiger partial charge is 0.351 e. The molecule has 1 aromatic rings. The standard InChI is InChI=1S/C17H26N2O/c1-12(14-16(2,3)17(14,4)5)19(15(18)20)11-13-9-7-6-8-10-13/h6-10,12,14H,11H2,1-5H3,(H2,18,20)/t12-/m1/s1. The lowest BCUT2D eigenvalue weighted by atomic mass is 10.0. The Hall–Kier alpha value is -1.51. The molecule has 3 nitrogen and oxygen atoms in total. The van der Waals surface area contributed by atoms with Gasteiger partial charge in [0.15, 0.2) is 0 Å². The predicted molar refractivity (Wildman–Crippen MR) is 82.1 cm³/mol. The number of urea groups is 1. The van der Waals surface area contributed by atoms with Gasteiger partial charge in [-0.25, -0.2) is 4.79 Å². The van der Waals surface area contributed by atoms with Crippen molar-refractivity contribution in [1.29, 1.82) is 0 Å². The van der Waals surface area contributed by atoms with Crippen molar-refractivity contribution in [3.63, 3.8) is 0 Å². The van der Waals surface area contributed by atoms with E-state index in [0.29, 0.717) is 12.5 Å². The van der Waals surface area contributed by atoms with Gasteiger partial charge in [0.1, 0.15) is 0 Å². The van der Waals surface area contributed by atoms with Crippen LogP contribution in [0.4, 0.5) is 4.79 Å². The maximum absolute atomic E-state index is 11.8. The number of rotatable bonds is 4. The van der Waals surface area contributed by atoms with E-state index in [-0.39, 0.29) is 22.9 Å². The van der Waals surface area contributed by atoms with E-state index in [9.17, 15) is 4.79 Å². The van der Waals surface area contributed by atoms with Crippen LogP contribution in [0.25, 0.3) is 0 Å². The highest BCUT2D eigenvalue weighted by Gasteiger charge is 2.67. The number of nitrogens with zero attached hydrogens (tertiary/aromatic N) is 1. The minimum absolute atomic E-state index is 0.151. The summed E-state index contributed by atoms with van der Waals surface area (Å²) >= 11 is 0. The molecule has 1 atom stereocenters. The quantitative estimate of drug-likeness (QED) is 0.895. The van der Waals surface area contributed by atoms with Crippen molar-refractivity contribution in [2.45, 2.75) is 47.2 Å². The van der Waals surface area contributed by atoms with Gasteiger partial charge in [-0.05, 0) is 29.2 Å². The summed E-state index contributed by atoms with van der Waals surface area (Å²) in [5.41, 5.74) is 7.23.